The molecule has 0 aliphatic carbocycles. The average Bonchev–Trinajstić information content (AvgIpc) is 2.38. The van der Waals surface area contributed by atoms with Crippen LogP contribution >= 0.6 is 0 Å². The van der Waals surface area contributed by atoms with Crippen LogP contribution in [0.1, 0.15) is 55.9 Å². The minimum Gasteiger partial charge on any atom is -0.373 e. The van der Waals surface area contributed by atoms with Crippen molar-refractivity contribution in [3.05, 3.63) is 22.8 Å². The highest BCUT2D eigenvalue weighted by Gasteiger charge is 2.19. The van der Waals surface area contributed by atoms with Gasteiger partial charge in [0.05, 0.1) is 11.4 Å². The van der Waals surface area contributed by atoms with Gasteiger partial charge in [-0.25, -0.2) is 9.97 Å². The molecule has 4 heteroatoms. The van der Waals surface area contributed by atoms with Crippen LogP contribution in [-0.4, -0.2) is 23.1 Å². The SMILES string of the molecule is CCCOCc1nc2c(c(C(C)C)n1)CNCC2. The van der Waals surface area contributed by atoms with Crippen molar-refractivity contribution in [2.75, 3.05) is 13.2 Å². The Kier molecular flexibility index (Phi) is 4.66. The lowest BCUT2D eigenvalue weighted by molar-refractivity contribution is 0.115. The lowest BCUT2D eigenvalue weighted by atomic mass is 9.98. The number of ether oxygens (including phenoxy) is 1. The van der Waals surface area contributed by atoms with Crippen molar-refractivity contribution < 1.29 is 4.74 Å². The first kappa shape index (κ1) is 13.4. The largest absolute Gasteiger partial charge is 0.373 e. The fraction of sp³-hybridized carbons (Fsp3) is 0.714. The van der Waals surface area contributed by atoms with Crippen LogP contribution in [0.25, 0.3) is 0 Å². The highest BCUT2D eigenvalue weighted by Crippen LogP contribution is 2.22. The molecule has 0 radical (unpaired) electrons. The molecule has 0 aromatic carbocycles. The van der Waals surface area contributed by atoms with Crippen molar-refractivity contribution in [1.29, 1.82) is 0 Å². The van der Waals surface area contributed by atoms with E-state index in [1.807, 2.05) is 0 Å². The molecule has 0 saturated heterocycles. The standard InChI is InChI=1S/C14H23N3O/c1-4-7-18-9-13-16-12-5-6-15-8-11(12)14(17-13)10(2)3/h10,15H,4-9H2,1-3H3. The molecule has 0 unspecified atom stereocenters. The van der Waals surface area contributed by atoms with E-state index in [2.05, 4.69) is 36.1 Å². The Labute approximate surface area is 109 Å². The van der Waals surface area contributed by atoms with Crippen LogP contribution in [0.4, 0.5) is 0 Å². The van der Waals surface area contributed by atoms with Crippen LogP contribution in [0.3, 0.4) is 0 Å². The van der Waals surface area contributed by atoms with Gasteiger partial charge in [0.15, 0.2) is 5.82 Å². The first-order chi connectivity index (χ1) is 8.72. The number of nitrogens with one attached hydrogen (secondary N) is 1. The van der Waals surface area contributed by atoms with Gasteiger partial charge < -0.3 is 10.1 Å². The van der Waals surface area contributed by atoms with Gasteiger partial charge in [-0.1, -0.05) is 20.8 Å². The molecule has 1 aromatic rings. The van der Waals surface area contributed by atoms with E-state index in [0.717, 1.165) is 38.4 Å². The number of hydrogen-bond acceptors (Lipinski definition) is 4. The van der Waals surface area contributed by atoms with Crippen LogP contribution in [0.15, 0.2) is 0 Å². The number of rotatable bonds is 5. The molecular weight excluding hydrogens is 226 g/mol. The van der Waals surface area contributed by atoms with Gasteiger partial charge in [0, 0.05) is 31.7 Å². The van der Waals surface area contributed by atoms with Crippen LogP contribution < -0.4 is 5.32 Å². The zero-order valence-corrected chi connectivity index (χ0v) is 11.6. The van der Waals surface area contributed by atoms with E-state index in [1.165, 1.54) is 17.0 Å². The molecule has 18 heavy (non-hydrogen) atoms. The van der Waals surface area contributed by atoms with Crippen molar-refractivity contribution >= 4 is 0 Å². The van der Waals surface area contributed by atoms with E-state index in [1.54, 1.807) is 0 Å². The summed E-state index contributed by atoms with van der Waals surface area (Å²) in [5.41, 5.74) is 3.69. The van der Waals surface area contributed by atoms with Gasteiger partial charge in [-0.2, -0.15) is 0 Å². The summed E-state index contributed by atoms with van der Waals surface area (Å²) in [6.07, 6.45) is 2.03. The van der Waals surface area contributed by atoms with Gasteiger partial charge in [-0.05, 0) is 12.3 Å². The Bertz CT molecular complexity index is 404. The predicted octanol–water partition coefficient (Wildman–Crippen LogP) is 2.17. The minimum absolute atomic E-state index is 0.437. The molecule has 0 spiro atoms. The Hall–Kier alpha value is -1.00. The molecule has 0 fully saturated rings. The van der Waals surface area contributed by atoms with Crippen molar-refractivity contribution in [3.8, 4) is 0 Å². The van der Waals surface area contributed by atoms with E-state index >= 15 is 0 Å². The van der Waals surface area contributed by atoms with Crippen molar-refractivity contribution in [2.45, 2.75) is 52.7 Å². The highest BCUT2D eigenvalue weighted by molar-refractivity contribution is 5.30. The molecule has 1 aliphatic rings. The zero-order valence-electron chi connectivity index (χ0n) is 11.6. The first-order valence-corrected chi connectivity index (χ1v) is 6.89. The van der Waals surface area contributed by atoms with Crippen LogP contribution in [0.5, 0.6) is 0 Å². The van der Waals surface area contributed by atoms with Gasteiger partial charge in [0.2, 0.25) is 0 Å². The lowest BCUT2D eigenvalue weighted by Crippen LogP contribution is -2.27. The molecule has 0 bridgehead atoms. The van der Waals surface area contributed by atoms with Gasteiger partial charge in [0.25, 0.3) is 0 Å². The summed E-state index contributed by atoms with van der Waals surface area (Å²) in [4.78, 5) is 9.33. The molecule has 0 saturated carbocycles. The van der Waals surface area contributed by atoms with E-state index in [-0.39, 0.29) is 0 Å². The smallest absolute Gasteiger partial charge is 0.154 e. The molecular formula is C14H23N3O. The second kappa shape index (κ2) is 6.25. The molecule has 4 nitrogen and oxygen atoms in total. The maximum atomic E-state index is 5.55. The number of hydrogen-bond donors (Lipinski definition) is 1. The molecule has 0 atom stereocenters. The maximum Gasteiger partial charge on any atom is 0.154 e. The Morgan fingerprint density at radius 2 is 2.17 bits per heavy atom. The fourth-order valence-corrected chi connectivity index (χ4v) is 2.27. The summed E-state index contributed by atoms with van der Waals surface area (Å²) in [6, 6.07) is 0. The monoisotopic (exact) mass is 249 g/mol. The summed E-state index contributed by atoms with van der Waals surface area (Å²) in [7, 11) is 0. The lowest BCUT2D eigenvalue weighted by Gasteiger charge is -2.21. The third-order valence-electron chi connectivity index (χ3n) is 3.14. The summed E-state index contributed by atoms with van der Waals surface area (Å²) in [6.45, 7) is 9.71. The molecule has 2 heterocycles. The van der Waals surface area contributed by atoms with Gasteiger partial charge in [-0.15, -0.1) is 0 Å². The predicted molar refractivity (Wildman–Crippen MR) is 71.5 cm³/mol. The van der Waals surface area contributed by atoms with Gasteiger partial charge >= 0.3 is 0 Å². The van der Waals surface area contributed by atoms with Gasteiger partial charge in [-0.3, -0.25) is 0 Å². The molecule has 2 rings (SSSR count). The number of nitrogens with zero attached hydrogens (tertiary/aromatic N) is 2. The molecule has 100 valence electrons. The second-order valence-electron chi connectivity index (χ2n) is 5.08. The molecule has 1 aromatic heterocycles. The van der Waals surface area contributed by atoms with Crippen molar-refractivity contribution in [3.63, 3.8) is 0 Å². The quantitative estimate of drug-likeness (QED) is 0.812. The van der Waals surface area contributed by atoms with E-state index < -0.39 is 0 Å². The molecule has 1 aliphatic heterocycles. The normalized spacial score (nSPS) is 14.9. The summed E-state index contributed by atoms with van der Waals surface area (Å²) in [5, 5.41) is 3.40. The summed E-state index contributed by atoms with van der Waals surface area (Å²) in [5.74, 6) is 1.28. The van der Waals surface area contributed by atoms with Crippen LogP contribution in [-0.2, 0) is 24.3 Å². The Morgan fingerprint density at radius 1 is 1.33 bits per heavy atom. The Morgan fingerprint density at radius 3 is 2.89 bits per heavy atom. The van der Waals surface area contributed by atoms with Crippen molar-refractivity contribution in [1.82, 2.24) is 15.3 Å². The van der Waals surface area contributed by atoms with E-state index in [0.29, 0.717) is 12.5 Å². The summed E-state index contributed by atoms with van der Waals surface area (Å²) >= 11 is 0. The average molecular weight is 249 g/mol. The number of fused-ring (bicyclic) bond motifs is 1. The third kappa shape index (κ3) is 3.06. The minimum atomic E-state index is 0.437. The summed E-state index contributed by atoms with van der Waals surface area (Å²) < 4.78 is 5.55. The van der Waals surface area contributed by atoms with Crippen molar-refractivity contribution in [2.24, 2.45) is 0 Å². The third-order valence-corrected chi connectivity index (χ3v) is 3.14. The molecule has 1 N–H and O–H groups in total. The highest BCUT2D eigenvalue weighted by atomic mass is 16.5. The second-order valence-corrected chi connectivity index (χ2v) is 5.08. The topological polar surface area (TPSA) is 47.0 Å². The maximum absolute atomic E-state index is 5.55. The Balaban J connectivity index is 2.24. The van der Waals surface area contributed by atoms with Crippen LogP contribution in [0.2, 0.25) is 0 Å². The fourth-order valence-electron chi connectivity index (χ4n) is 2.27. The van der Waals surface area contributed by atoms with Gasteiger partial charge in [0.1, 0.15) is 6.61 Å². The van der Waals surface area contributed by atoms with Crippen LogP contribution in [0, 0.1) is 0 Å². The van der Waals surface area contributed by atoms with E-state index in [4.69, 9.17) is 4.74 Å². The zero-order chi connectivity index (χ0) is 13.0. The first-order valence-electron chi connectivity index (χ1n) is 6.89. The molecule has 0 amide bonds. The number of aromatic nitrogens is 2. The van der Waals surface area contributed by atoms with E-state index in [9.17, 15) is 0 Å².